The lowest BCUT2D eigenvalue weighted by molar-refractivity contribution is 0.145. The third kappa shape index (κ3) is 5.10. The molecule has 0 saturated heterocycles. The highest BCUT2D eigenvalue weighted by atomic mass is 16.5. The van der Waals surface area contributed by atoms with Gasteiger partial charge in [-0.25, -0.2) is 0 Å². The summed E-state index contributed by atoms with van der Waals surface area (Å²) < 4.78 is 5.26. The predicted octanol–water partition coefficient (Wildman–Crippen LogP) is 2.72. The van der Waals surface area contributed by atoms with Crippen LogP contribution in [0, 0.1) is 0 Å². The first-order valence-corrected chi connectivity index (χ1v) is 5.86. The van der Waals surface area contributed by atoms with Crippen molar-refractivity contribution in [2.75, 3.05) is 26.3 Å². The van der Waals surface area contributed by atoms with Gasteiger partial charge < -0.3 is 10.1 Å². The van der Waals surface area contributed by atoms with Gasteiger partial charge in [-0.05, 0) is 31.0 Å². The van der Waals surface area contributed by atoms with Crippen LogP contribution < -0.4 is 5.32 Å². The number of benzene rings is 1. The summed E-state index contributed by atoms with van der Waals surface area (Å²) in [5.74, 6) is 0. The molecule has 1 aromatic carbocycles. The van der Waals surface area contributed by atoms with Crippen LogP contribution in [0.2, 0.25) is 0 Å². The second-order valence-corrected chi connectivity index (χ2v) is 3.70. The molecule has 2 heteroatoms. The van der Waals surface area contributed by atoms with Crippen LogP contribution in [0.1, 0.15) is 18.9 Å². The summed E-state index contributed by atoms with van der Waals surface area (Å²) in [6.45, 7) is 9.54. The highest BCUT2D eigenvalue weighted by Crippen LogP contribution is 2.09. The number of ether oxygens (including phenoxy) is 1. The largest absolute Gasteiger partial charge is 0.382 e. The molecular weight excluding hydrogens is 198 g/mol. The van der Waals surface area contributed by atoms with Crippen molar-refractivity contribution in [1.29, 1.82) is 0 Å². The Balaban J connectivity index is 2.12. The number of rotatable bonds is 8. The summed E-state index contributed by atoms with van der Waals surface area (Å²) in [6, 6.07) is 10.3. The molecule has 0 aromatic heterocycles. The molecule has 0 aliphatic carbocycles. The van der Waals surface area contributed by atoms with E-state index in [4.69, 9.17) is 4.74 Å². The van der Waals surface area contributed by atoms with Crippen molar-refractivity contribution in [3.63, 3.8) is 0 Å². The minimum atomic E-state index is 0.802. The van der Waals surface area contributed by atoms with E-state index < -0.39 is 0 Å². The maximum absolute atomic E-state index is 5.26. The third-order valence-electron chi connectivity index (χ3n) is 2.37. The Bertz CT molecular complexity index is 295. The van der Waals surface area contributed by atoms with Crippen molar-refractivity contribution < 1.29 is 4.74 Å². The monoisotopic (exact) mass is 219 g/mol. The van der Waals surface area contributed by atoms with Gasteiger partial charge in [0, 0.05) is 19.8 Å². The van der Waals surface area contributed by atoms with Gasteiger partial charge in [0.25, 0.3) is 0 Å². The van der Waals surface area contributed by atoms with Gasteiger partial charge in [0.15, 0.2) is 0 Å². The molecule has 88 valence electrons. The second kappa shape index (κ2) is 8.08. The van der Waals surface area contributed by atoms with Crippen LogP contribution in [0.5, 0.6) is 0 Å². The van der Waals surface area contributed by atoms with Gasteiger partial charge in [-0.1, -0.05) is 36.9 Å². The zero-order chi connectivity index (χ0) is 11.6. The molecule has 0 saturated carbocycles. The van der Waals surface area contributed by atoms with Crippen LogP contribution >= 0.6 is 0 Å². The molecule has 0 spiro atoms. The van der Waals surface area contributed by atoms with Gasteiger partial charge in [-0.15, -0.1) is 0 Å². The summed E-state index contributed by atoms with van der Waals surface area (Å²) in [4.78, 5) is 0. The van der Waals surface area contributed by atoms with Crippen LogP contribution in [0.15, 0.2) is 36.9 Å². The SMILES string of the molecule is C=C(CNCCCOCC)c1ccccc1. The highest BCUT2D eigenvalue weighted by molar-refractivity contribution is 5.64. The van der Waals surface area contributed by atoms with E-state index in [1.165, 1.54) is 5.56 Å². The van der Waals surface area contributed by atoms with Crippen LogP contribution in [0.4, 0.5) is 0 Å². The van der Waals surface area contributed by atoms with Crippen molar-refractivity contribution in [2.24, 2.45) is 0 Å². The zero-order valence-corrected chi connectivity index (χ0v) is 10.0. The molecule has 1 N–H and O–H groups in total. The minimum Gasteiger partial charge on any atom is -0.382 e. The maximum atomic E-state index is 5.26. The molecule has 0 aliphatic rings. The Kier molecular flexibility index (Phi) is 6.54. The topological polar surface area (TPSA) is 21.3 Å². The molecule has 1 aromatic rings. The van der Waals surface area contributed by atoms with Crippen molar-refractivity contribution in [1.82, 2.24) is 5.32 Å². The molecule has 0 heterocycles. The smallest absolute Gasteiger partial charge is 0.0477 e. The van der Waals surface area contributed by atoms with Gasteiger partial charge in [0.2, 0.25) is 0 Å². The molecule has 0 fully saturated rings. The van der Waals surface area contributed by atoms with Crippen LogP contribution in [-0.2, 0) is 4.74 Å². The zero-order valence-electron chi connectivity index (χ0n) is 10.0. The summed E-state index contributed by atoms with van der Waals surface area (Å²) >= 11 is 0. The highest BCUT2D eigenvalue weighted by Gasteiger charge is 1.96. The van der Waals surface area contributed by atoms with Crippen molar-refractivity contribution >= 4 is 5.57 Å². The van der Waals surface area contributed by atoms with Crippen molar-refractivity contribution in [3.05, 3.63) is 42.5 Å². The fourth-order valence-electron chi connectivity index (χ4n) is 1.46. The maximum Gasteiger partial charge on any atom is 0.0477 e. The summed E-state index contributed by atoms with van der Waals surface area (Å²) in [6.07, 6.45) is 1.05. The lowest BCUT2D eigenvalue weighted by atomic mass is 10.1. The lowest BCUT2D eigenvalue weighted by Crippen LogP contribution is -2.18. The first kappa shape index (κ1) is 12.9. The van der Waals surface area contributed by atoms with Gasteiger partial charge in [-0.3, -0.25) is 0 Å². The summed E-state index contributed by atoms with van der Waals surface area (Å²) in [5, 5.41) is 3.36. The number of hydrogen-bond acceptors (Lipinski definition) is 2. The summed E-state index contributed by atoms with van der Waals surface area (Å²) in [5.41, 5.74) is 2.34. The van der Waals surface area contributed by atoms with E-state index in [0.29, 0.717) is 0 Å². The molecule has 2 nitrogen and oxygen atoms in total. The van der Waals surface area contributed by atoms with E-state index in [2.05, 4.69) is 24.0 Å². The molecule has 0 bridgehead atoms. The van der Waals surface area contributed by atoms with Gasteiger partial charge in [-0.2, -0.15) is 0 Å². The minimum absolute atomic E-state index is 0.802. The fourth-order valence-corrected chi connectivity index (χ4v) is 1.46. The number of nitrogens with one attached hydrogen (secondary N) is 1. The molecular formula is C14H21NO. The second-order valence-electron chi connectivity index (χ2n) is 3.70. The van der Waals surface area contributed by atoms with E-state index in [1.807, 2.05) is 25.1 Å². The van der Waals surface area contributed by atoms with Crippen molar-refractivity contribution in [3.8, 4) is 0 Å². The predicted molar refractivity (Wildman–Crippen MR) is 69.5 cm³/mol. The van der Waals surface area contributed by atoms with Crippen LogP contribution in [0.3, 0.4) is 0 Å². The standard InChI is InChI=1S/C14H21NO/c1-3-16-11-7-10-15-12-13(2)14-8-5-4-6-9-14/h4-6,8-9,15H,2-3,7,10-12H2,1H3. The van der Waals surface area contributed by atoms with E-state index in [0.717, 1.165) is 38.3 Å². The van der Waals surface area contributed by atoms with Crippen LogP contribution in [-0.4, -0.2) is 26.3 Å². The molecule has 16 heavy (non-hydrogen) atoms. The Hall–Kier alpha value is -1.12. The van der Waals surface area contributed by atoms with Gasteiger partial charge >= 0.3 is 0 Å². The Morgan fingerprint density at radius 2 is 2.06 bits per heavy atom. The van der Waals surface area contributed by atoms with E-state index >= 15 is 0 Å². The first-order valence-electron chi connectivity index (χ1n) is 5.86. The fraction of sp³-hybridized carbons (Fsp3) is 0.429. The van der Waals surface area contributed by atoms with Crippen LogP contribution in [0.25, 0.3) is 5.57 Å². The normalized spacial score (nSPS) is 10.3. The Labute approximate surface area is 98.3 Å². The Morgan fingerprint density at radius 1 is 1.31 bits per heavy atom. The lowest BCUT2D eigenvalue weighted by Gasteiger charge is -2.07. The molecule has 0 radical (unpaired) electrons. The molecule has 0 atom stereocenters. The van der Waals surface area contributed by atoms with Gasteiger partial charge in [0.1, 0.15) is 0 Å². The molecule has 0 amide bonds. The van der Waals surface area contributed by atoms with E-state index in [9.17, 15) is 0 Å². The van der Waals surface area contributed by atoms with Gasteiger partial charge in [0.05, 0.1) is 0 Å². The summed E-state index contributed by atoms with van der Waals surface area (Å²) in [7, 11) is 0. The quantitative estimate of drug-likeness (QED) is 0.679. The first-order chi connectivity index (χ1) is 7.84. The molecule has 0 aliphatic heterocycles. The van der Waals surface area contributed by atoms with Crippen molar-refractivity contribution in [2.45, 2.75) is 13.3 Å². The average molecular weight is 219 g/mol. The molecule has 1 rings (SSSR count). The molecule has 0 unspecified atom stereocenters. The third-order valence-corrected chi connectivity index (χ3v) is 2.37. The van der Waals surface area contributed by atoms with E-state index in [-0.39, 0.29) is 0 Å². The average Bonchev–Trinajstić information content (AvgIpc) is 2.34. The Morgan fingerprint density at radius 3 is 2.75 bits per heavy atom. The van der Waals surface area contributed by atoms with E-state index in [1.54, 1.807) is 0 Å². The number of hydrogen-bond donors (Lipinski definition) is 1.